The number of rotatable bonds is 6. The highest BCUT2D eigenvalue weighted by Crippen LogP contribution is 2.47. The number of carbonyl (C=O) groups excluding carboxylic acids is 2. The zero-order chi connectivity index (χ0) is 25.3. The summed E-state index contributed by atoms with van der Waals surface area (Å²) in [5, 5.41) is 3.34. The molecule has 7 heteroatoms. The molecule has 6 nitrogen and oxygen atoms in total. The highest BCUT2D eigenvalue weighted by atomic mass is 79.9. The van der Waals surface area contributed by atoms with Crippen LogP contribution in [0.25, 0.3) is 0 Å². The van der Waals surface area contributed by atoms with Gasteiger partial charge in [0.05, 0.1) is 24.3 Å². The van der Waals surface area contributed by atoms with Crippen LogP contribution < -0.4 is 14.8 Å². The van der Waals surface area contributed by atoms with E-state index < -0.39 is 11.9 Å². The molecule has 1 heterocycles. The van der Waals surface area contributed by atoms with Crippen molar-refractivity contribution < 1.29 is 23.8 Å². The van der Waals surface area contributed by atoms with E-state index in [1.807, 2.05) is 49.4 Å². The summed E-state index contributed by atoms with van der Waals surface area (Å²) >= 11 is 3.51. The van der Waals surface area contributed by atoms with E-state index in [2.05, 4.69) is 35.1 Å². The standard InChI is InChI=1S/C28H30BrNO5/c1-16-24(27(32)34-5)25(26-20(30-16)13-28(2,3)14-21(26)31)17-10-11-22(33-4)18(12-17)15-35-23-9-7-6-8-19(23)29/h6-12,25,30H,13-15H2,1-5H3/t25-/m1/s1. The van der Waals surface area contributed by atoms with Gasteiger partial charge in [-0.15, -0.1) is 0 Å². The number of benzene rings is 2. The van der Waals surface area contributed by atoms with Crippen LogP contribution in [0.2, 0.25) is 0 Å². The number of halogens is 1. The van der Waals surface area contributed by atoms with E-state index in [0.717, 1.165) is 27.7 Å². The van der Waals surface area contributed by atoms with Crippen LogP contribution in [0.4, 0.5) is 0 Å². The molecule has 0 spiro atoms. The molecule has 4 rings (SSSR count). The lowest BCUT2D eigenvalue weighted by Gasteiger charge is -2.39. The second-order valence-corrected chi connectivity index (χ2v) is 10.6. The number of nitrogens with one attached hydrogen (secondary N) is 1. The van der Waals surface area contributed by atoms with E-state index in [0.29, 0.717) is 34.8 Å². The van der Waals surface area contributed by atoms with E-state index in [-0.39, 0.29) is 17.8 Å². The van der Waals surface area contributed by atoms with Crippen molar-refractivity contribution in [2.45, 2.75) is 46.1 Å². The molecule has 0 saturated carbocycles. The lowest BCUT2D eigenvalue weighted by atomic mass is 9.68. The maximum absolute atomic E-state index is 13.4. The second kappa shape index (κ2) is 9.90. The van der Waals surface area contributed by atoms with Crippen molar-refractivity contribution in [3.8, 4) is 11.5 Å². The maximum Gasteiger partial charge on any atom is 0.336 e. The Morgan fingerprint density at radius 3 is 2.54 bits per heavy atom. The Kier molecular flexibility index (Phi) is 7.08. The minimum absolute atomic E-state index is 0.0458. The van der Waals surface area contributed by atoms with Gasteiger partial charge in [-0.2, -0.15) is 0 Å². The molecule has 0 saturated heterocycles. The molecule has 1 aliphatic carbocycles. The van der Waals surface area contributed by atoms with Crippen molar-refractivity contribution in [1.29, 1.82) is 0 Å². The van der Waals surface area contributed by atoms with Gasteiger partial charge in [-0.25, -0.2) is 4.79 Å². The Bertz CT molecular complexity index is 1240. The first-order chi connectivity index (χ1) is 16.6. The van der Waals surface area contributed by atoms with Crippen molar-refractivity contribution in [2.75, 3.05) is 14.2 Å². The maximum atomic E-state index is 13.4. The average molecular weight is 540 g/mol. The van der Waals surface area contributed by atoms with Gasteiger partial charge in [0.1, 0.15) is 18.1 Å². The van der Waals surface area contributed by atoms with Gasteiger partial charge in [-0.05, 0) is 64.5 Å². The number of esters is 1. The van der Waals surface area contributed by atoms with Crippen LogP contribution in [-0.4, -0.2) is 26.0 Å². The molecule has 0 fully saturated rings. The first-order valence-electron chi connectivity index (χ1n) is 11.5. The fraction of sp³-hybridized carbons (Fsp3) is 0.357. The first kappa shape index (κ1) is 25.0. The monoisotopic (exact) mass is 539 g/mol. The largest absolute Gasteiger partial charge is 0.496 e. The number of para-hydroxylation sites is 1. The zero-order valence-corrected chi connectivity index (χ0v) is 22.2. The van der Waals surface area contributed by atoms with Crippen LogP contribution >= 0.6 is 15.9 Å². The highest BCUT2D eigenvalue weighted by molar-refractivity contribution is 9.10. The van der Waals surface area contributed by atoms with Crippen LogP contribution in [0.1, 0.15) is 50.7 Å². The van der Waals surface area contributed by atoms with Gasteiger partial charge < -0.3 is 19.5 Å². The molecule has 1 atom stereocenters. The summed E-state index contributed by atoms with van der Waals surface area (Å²) < 4.78 is 17.6. The quantitative estimate of drug-likeness (QED) is 0.466. The first-order valence-corrected chi connectivity index (χ1v) is 12.3. The number of ketones is 1. The van der Waals surface area contributed by atoms with E-state index in [1.54, 1.807) is 7.11 Å². The lowest BCUT2D eigenvalue weighted by molar-refractivity contribution is -0.136. The number of carbonyl (C=O) groups is 2. The van der Waals surface area contributed by atoms with Crippen molar-refractivity contribution in [2.24, 2.45) is 5.41 Å². The third-order valence-corrected chi connectivity index (χ3v) is 7.16. The van der Waals surface area contributed by atoms with Crippen LogP contribution in [0.15, 0.2) is 69.5 Å². The van der Waals surface area contributed by atoms with Crippen LogP contribution in [-0.2, 0) is 20.9 Å². The van der Waals surface area contributed by atoms with Crippen molar-refractivity contribution in [1.82, 2.24) is 5.32 Å². The molecule has 2 aromatic rings. The summed E-state index contributed by atoms with van der Waals surface area (Å²) in [6, 6.07) is 13.4. The van der Waals surface area contributed by atoms with Crippen LogP contribution in [0.3, 0.4) is 0 Å². The Labute approximate surface area is 214 Å². The van der Waals surface area contributed by atoms with Gasteiger partial charge in [0.15, 0.2) is 5.78 Å². The Morgan fingerprint density at radius 1 is 1.11 bits per heavy atom. The normalized spacial score (nSPS) is 19.1. The van der Waals surface area contributed by atoms with E-state index in [1.165, 1.54) is 7.11 Å². The Morgan fingerprint density at radius 2 is 1.86 bits per heavy atom. The highest BCUT2D eigenvalue weighted by Gasteiger charge is 2.43. The predicted octanol–water partition coefficient (Wildman–Crippen LogP) is 5.81. The van der Waals surface area contributed by atoms with Crippen LogP contribution in [0, 0.1) is 5.41 Å². The number of hydrogen-bond donors (Lipinski definition) is 1. The van der Waals surface area contributed by atoms with E-state index >= 15 is 0 Å². The SMILES string of the molecule is COC(=O)C1=C(C)NC2=C(C(=O)CC(C)(C)C2)[C@@H]1c1ccc(OC)c(COc2ccccc2Br)c1. The Balaban J connectivity index is 1.80. The van der Waals surface area contributed by atoms with Crippen molar-refractivity contribution >= 4 is 27.7 Å². The van der Waals surface area contributed by atoms with E-state index in [9.17, 15) is 9.59 Å². The summed E-state index contributed by atoms with van der Waals surface area (Å²) in [5.41, 5.74) is 4.14. The summed E-state index contributed by atoms with van der Waals surface area (Å²) in [7, 11) is 2.97. The minimum atomic E-state index is -0.532. The number of ether oxygens (including phenoxy) is 3. The van der Waals surface area contributed by atoms with Gasteiger partial charge >= 0.3 is 5.97 Å². The zero-order valence-electron chi connectivity index (χ0n) is 20.7. The third kappa shape index (κ3) is 5.01. The Hall–Kier alpha value is -3.06. The molecule has 2 aromatic carbocycles. The van der Waals surface area contributed by atoms with Crippen molar-refractivity contribution in [3.63, 3.8) is 0 Å². The molecule has 35 heavy (non-hydrogen) atoms. The summed E-state index contributed by atoms with van der Waals surface area (Å²) in [4.78, 5) is 26.3. The fourth-order valence-electron chi connectivity index (χ4n) is 4.96. The average Bonchev–Trinajstić information content (AvgIpc) is 2.81. The molecule has 0 unspecified atom stereocenters. The number of methoxy groups -OCH3 is 2. The number of dihydropyridines is 1. The molecule has 0 bridgehead atoms. The molecular formula is C28H30BrNO5. The molecule has 2 aliphatic rings. The smallest absolute Gasteiger partial charge is 0.336 e. The summed E-state index contributed by atoms with van der Waals surface area (Å²) in [6.45, 7) is 6.29. The van der Waals surface area contributed by atoms with Gasteiger partial charge in [0.25, 0.3) is 0 Å². The molecule has 184 valence electrons. The molecule has 1 aliphatic heterocycles. The number of hydrogen-bond acceptors (Lipinski definition) is 6. The second-order valence-electron chi connectivity index (χ2n) is 9.71. The van der Waals surface area contributed by atoms with Crippen molar-refractivity contribution in [3.05, 3.63) is 80.6 Å². The molecule has 0 amide bonds. The minimum Gasteiger partial charge on any atom is -0.496 e. The van der Waals surface area contributed by atoms with E-state index in [4.69, 9.17) is 14.2 Å². The van der Waals surface area contributed by atoms with Gasteiger partial charge in [-0.3, -0.25) is 4.79 Å². The number of allylic oxidation sites excluding steroid dienone is 3. The molecule has 0 radical (unpaired) electrons. The molecular weight excluding hydrogens is 510 g/mol. The lowest BCUT2D eigenvalue weighted by Crippen LogP contribution is -2.38. The summed E-state index contributed by atoms with van der Waals surface area (Å²) in [6.07, 6.45) is 1.15. The molecule has 1 N–H and O–H groups in total. The third-order valence-electron chi connectivity index (χ3n) is 6.50. The predicted molar refractivity (Wildman–Crippen MR) is 137 cm³/mol. The van der Waals surface area contributed by atoms with Gasteiger partial charge in [-0.1, -0.05) is 32.0 Å². The molecule has 0 aromatic heterocycles. The number of Topliss-reactive ketones (excluding diaryl/α,β-unsaturated/α-hetero) is 1. The topological polar surface area (TPSA) is 73.9 Å². The van der Waals surface area contributed by atoms with Gasteiger partial charge in [0, 0.05) is 34.9 Å². The van der Waals surface area contributed by atoms with Gasteiger partial charge in [0.2, 0.25) is 0 Å². The fourth-order valence-corrected chi connectivity index (χ4v) is 5.36. The summed E-state index contributed by atoms with van der Waals surface area (Å²) in [5.74, 6) is 0.439. The van der Waals surface area contributed by atoms with Crippen LogP contribution in [0.5, 0.6) is 11.5 Å².